The summed E-state index contributed by atoms with van der Waals surface area (Å²) in [6.45, 7) is 1.38. The van der Waals surface area contributed by atoms with Gasteiger partial charge in [0.25, 0.3) is 0 Å². The second-order valence-electron chi connectivity index (χ2n) is 7.37. The Morgan fingerprint density at radius 1 is 1.13 bits per heavy atom. The van der Waals surface area contributed by atoms with E-state index in [4.69, 9.17) is 4.74 Å². The molecule has 1 amide bonds. The van der Waals surface area contributed by atoms with E-state index >= 15 is 0 Å². The van der Waals surface area contributed by atoms with E-state index in [1.807, 2.05) is 47.6 Å². The highest BCUT2D eigenvalue weighted by Crippen LogP contribution is 2.28. The molecule has 8 nitrogen and oxygen atoms in total. The molecule has 4 aromatic rings. The number of ether oxygens (including phenoxy) is 1. The number of likely N-dealkylation sites (tertiary alicyclic amines) is 1. The van der Waals surface area contributed by atoms with E-state index in [1.165, 1.54) is 0 Å². The number of carbonyl (C=O) groups is 1. The Hall–Kier alpha value is -3.33. The predicted molar refractivity (Wildman–Crippen MR) is 118 cm³/mol. The van der Waals surface area contributed by atoms with E-state index in [0.29, 0.717) is 30.5 Å². The lowest BCUT2D eigenvalue weighted by atomic mass is 10.1. The fraction of sp³-hybridized carbons (Fsp3) is 0.273. The van der Waals surface area contributed by atoms with Gasteiger partial charge in [-0.3, -0.25) is 4.79 Å². The van der Waals surface area contributed by atoms with Gasteiger partial charge in [-0.2, -0.15) is 5.10 Å². The molecule has 1 fully saturated rings. The highest BCUT2D eigenvalue weighted by atomic mass is 32.2. The number of nitrogens with zero attached hydrogens (tertiary/aromatic N) is 5. The number of thioether (sulfide) groups is 1. The lowest BCUT2D eigenvalue weighted by Crippen LogP contribution is -2.42. The van der Waals surface area contributed by atoms with Crippen LogP contribution in [0.15, 0.2) is 66.0 Å². The van der Waals surface area contributed by atoms with E-state index in [9.17, 15) is 4.79 Å². The first-order chi connectivity index (χ1) is 15.3. The summed E-state index contributed by atoms with van der Waals surface area (Å²) < 4.78 is 7.62. The third-order valence-corrected chi connectivity index (χ3v) is 6.39. The molecule has 0 atom stereocenters. The molecule has 4 heterocycles. The number of benzene rings is 1. The summed E-state index contributed by atoms with van der Waals surface area (Å²) in [5.41, 5.74) is 1.09. The average Bonchev–Trinajstić information content (AvgIpc) is 3.49. The molecule has 1 aliphatic rings. The van der Waals surface area contributed by atoms with Crippen molar-refractivity contribution in [3.8, 4) is 11.7 Å². The second kappa shape index (κ2) is 8.81. The van der Waals surface area contributed by atoms with Crippen molar-refractivity contribution in [3.63, 3.8) is 0 Å². The minimum absolute atomic E-state index is 0.0372. The van der Waals surface area contributed by atoms with Crippen molar-refractivity contribution >= 4 is 28.6 Å². The van der Waals surface area contributed by atoms with Crippen molar-refractivity contribution in [1.82, 2.24) is 29.9 Å². The van der Waals surface area contributed by atoms with Gasteiger partial charge in [-0.05, 0) is 18.2 Å². The normalized spacial score (nSPS) is 14.8. The molecule has 1 saturated heterocycles. The van der Waals surface area contributed by atoms with E-state index in [2.05, 4.69) is 26.3 Å². The maximum Gasteiger partial charge on any atom is 0.233 e. The summed E-state index contributed by atoms with van der Waals surface area (Å²) in [7, 11) is 0. The maximum atomic E-state index is 12.7. The van der Waals surface area contributed by atoms with Crippen LogP contribution in [0.1, 0.15) is 12.8 Å². The summed E-state index contributed by atoms with van der Waals surface area (Å²) in [6.07, 6.45) is 7.09. The summed E-state index contributed by atoms with van der Waals surface area (Å²) in [6, 6.07) is 13.6. The number of fused-ring (bicyclic) bond motifs is 1. The Labute approximate surface area is 183 Å². The summed E-state index contributed by atoms with van der Waals surface area (Å²) in [5.74, 6) is 1.74. The highest BCUT2D eigenvalue weighted by Gasteiger charge is 2.24. The molecular weight excluding hydrogens is 412 g/mol. The van der Waals surface area contributed by atoms with Gasteiger partial charge < -0.3 is 14.6 Å². The van der Waals surface area contributed by atoms with Crippen LogP contribution < -0.4 is 4.74 Å². The Kier molecular flexibility index (Phi) is 5.57. The third kappa shape index (κ3) is 4.41. The number of H-pyrrole nitrogens is 1. The zero-order valence-corrected chi connectivity index (χ0v) is 17.7. The zero-order valence-electron chi connectivity index (χ0n) is 16.8. The number of aromatic nitrogens is 5. The predicted octanol–water partition coefficient (Wildman–Crippen LogP) is 3.31. The van der Waals surface area contributed by atoms with Gasteiger partial charge in [-0.25, -0.2) is 4.68 Å². The Morgan fingerprint density at radius 2 is 2.00 bits per heavy atom. The van der Waals surface area contributed by atoms with Crippen molar-refractivity contribution < 1.29 is 9.53 Å². The highest BCUT2D eigenvalue weighted by molar-refractivity contribution is 8.00. The van der Waals surface area contributed by atoms with E-state index in [0.717, 1.165) is 28.6 Å². The topological polar surface area (TPSA) is 88.9 Å². The molecule has 1 N–H and O–H groups in total. The first-order valence-corrected chi connectivity index (χ1v) is 11.2. The van der Waals surface area contributed by atoms with Crippen LogP contribution in [-0.2, 0) is 4.79 Å². The summed E-state index contributed by atoms with van der Waals surface area (Å²) >= 11 is 1.58. The van der Waals surface area contributed by atoms with Gasteiger partial charge in [-0.1, -0.05) is 18.2 Å². The quantitative estimate of drug-likeness (QED) is 0.469. The SMILES string of the molecule is O=C(CSc1c[nH]c2ccccc12)N1CCC(Oc2ccc(-n3cccn3)nn2)CC1. The molecule has 5 rings (SSSR count). The number of hydrogen-bond acceptors (Lipinski definition) is 6. The molecule has 0 radical (unpaired) electrons. The lowest BCUT2D eigenvalue weighted by Gasteiger charge is -2.31. The molecular formula is C22H22N6O2S. The maximum absolute atomic E-state index is 12.7. The van der Waals surface area contributed by atoms with Crippen molar-refractivity contribution in [1.29, 1.82) is 0 Å². The van der Waals surface area contributed by atoms with Gasteiger partial charge in [-0.15, -0.1) is 22.0 Å². The van der Waals surface area contributed by atoms with Crippen molar-refractivity contribution in [2.24, 2.45) is 0 Å². The van der Waals surface area contributed by atoms with Crippen molar-refractivity contribution in [3.05, 3.63) is 61.1 Å². The number of hydrogen-bond donors (Lipinski definition) is 1. The molecule has 1 aliphatic heterocycles. The Balaban J connectivity index is 1.10. The minimum Gasteiger partial charge on any atom is -0.473 e. The standard InChI is InChI=1S/C22H22N6O2S/c29-22(15-31-19-14-23-18-5-2-1-4-17(18)19)27-12-8-16(9-13-27)30-21-7-6-20(25-26-21)28-11-3-10-24-28/h1-7,10-11,14,16,23H,8-9,12-13,15H2. The summed E-state index contributed by atoms with van der Waals surface area (Å²) in [4.78, 5) is 19.0. The number of aromatic amines is 1. The van der Waals surface area contributed by atoms with Crippen LogP contribution in [0.3, 0.4) is 0 Å². The molecule has 0 saturated carbocycles. The van der Waals surface area contributed by atoms with Gasteiger partial charge in [0.1, 0.15) is 6.10 Å². The molecule has 0 spiro atoms. The van der Waals surface area contributed by atoms with Crippen LogP contribution in [0.5, 0.6) is 5.88 Å². The van der Waals surface area contributed by atoms with Crippen molar-refractivity contribution in [2.45, 2.75) is 23.8 Å². The van der Waals surface area contributed by atoms with E-state index in [-0.39, 0.29) is 12.0 Å². The Morgan fingerprint density at radius 3 is 2.77 bits per heavy atom. The average molecular weight is 435 g/mol. The molecule has 158 valence electrons. The molecule has 31 heavy (non-hydrogen) atoms. The molecule has 9 heteroatoms. The van der Waals surface area contributed by atoms with Gasteiger partial charge in [0.05, 0.1) is 5.75 Å². The number of para-hydroxylation sites is 1. The van der Waals surface area contributed by atoms with Crippen LogP contribution in [-0.4, -0.2) is 60.7 Å². The van der Waals surface area contributed by atoms with Gasteiger partial charge >= 0.3 is 0 Å². The second-order valence-corrected chi connectivity index (χ2v) is 8.38. The van der Waals surface area contributed by atoms with Crippen molar-refractivity contribution in [2.75, 3.05) is 18.8 Å². The molecule has 0 aliphatic carbocycles. The van der Waals surface area contributed by atoms with Gasteiger partial charge in [0, 0.05) is 66.4 Å². The molecule has 0 bridgehead atoms. The van der Waals surface area contributed by atoms with Gasteiger partial charge in [0.15, 0.2) is 5.82 Å². The molecule has 0 unspecified atom stereocenters. The number of nitrogens with one attached hydrogen (secondary N) is 1. The first kappa shape index (κ1) is 19.6. The van der Waals surface area contributed by atoms with Crippen LogP contribution in [0.25, 0.3) is 16.7 Å². The first-order valence-electron chi connectivity index (χ1n) is 10.2. The van der Waals surface area contributed by atoms with Gasteiger partial charge in [0.2, 0.25) is 11.8 Å². The van der Waals surface area contributed by atoms with Crippen LogP contribution >= 0.6 is 11.8 Å². The largest absolute Gasteiger partial charge is 0.473 e. The molecule has 3 aromatic heterocycles. The summed E-state index contributed by atoms with van der Waals surface area (Å²) in [5, 5.41) is 13.6. The van der Waals surface area contributed by atoms with Crippen LogP contribution in [0.4, 0.5) is 0 Å². The Bertz CT molecular complexity index is 1150. The smallest absolute Gasteiger partial charge is 0.233 e. The fourth-order valence-electron chi connectivity index (χ4n) is 3.69. The fourth-order valence-corrected chi connectivity index (χ4v) is 4.63. The number of amides is 1. The third-order valence-electron chi connectivity index (χ3n) is 5.35. The number of rotatable bonds is 6. The number of carbonyl (C=O) groups excluding carboxylic acids is 1. The van der Waals surface area contributed by atoms with E-state index < -0.39 is 0 Å². The zero-order chi connectivity index (χ0) is 21.0. The molecule has 1 aromatic carbocycles. The van der Waals surface area contributed by atoms with Crippen LogP contribution in [0.2, 0.25) is 0 Å². The van der Waals surface area contributed by atoms with Crippen LogP contribution in [0, 0.1) is 0 Å². The van der Waals surface area contributed by atoms with E-state index in [1.54, 1.807) is 28.7 Å². The lowest BCUT2D eigenvalue weighted by molar-refractivity contribution is -0.130. The monoisotopic (exact) mass is 434 g/mol. The number of piperidine rings is 1. The minimum atomic E-state index is 0.0372.